The summed E-state index contributed by atoms with van der Waals surface area (Å²) in [4.78, 5) is 12.1. The van der Waals surface area contributed by atoms with Crippen molar-refractivity contribution in [3.05, 3.63) is 33.3 Å². The highest BCUT2D eigenvalue weighted by Gasteiger charge is 2.27. The van der Waals surface area contributed by atoms with E-state index in [9.17, 15) is 4.79 Å². The van der Waals surface area contributed by atoms with Gasteiger partial charge in [0, 0.05) is 16.6 Å². The molecule has 1 fully saturated rings. The van der Waals surface area contributed by atoms with Crippen molar-refractivity contribution < 1.29 is 4.79 Å². The smallest absolute Gasteiger partial charge is 0.251 e. The molecular formula is C14H19BrCl2N2O. The van der Waals surface area contributed by atoms with E-state index in [0.29, 0.717) is 17.1 Å². The molecule has 0 spiro atoms. The standard InChI is InChI=1S/C14H18BrClN2O.ClH/c1-14(4-6-17-7-5-14)9-18-13(19)10-2-3-11(15)12(16)8-10;/h2-3,8,17H,4-7,9H2,1H3,(H,18,19);1H. The first-order valence-electron chi connectivity index (χ1n) is 6.44. The Hall–Kier alpha value is -0.290. The molecule has 1 aliphatic rings. The summed E-state index contributed by atoms with van der Waals surface area (Å²) < 4.78 is 0.802. The van der Waals surface area contributed by atoms with E-state index < -0.39 is 0 Å². The van der Waals surface area contributed by atoms with Crippen LogP contribution < -0.4 is 10.6 Å². The number of nitrogens with one attached hydrogen (secondary N) is 2. The molecule has 0 aromatic heterocycles. The van der Waals surface area contributed by atoms with Crippen molar-refractivity contribution in [1.29, 1.82) is 0 Å². The normalized spacial score (nSPS) is 17.1. The second-order valence-electron chi connectivity index (χ2n) is 5.37. The van der Waals surface area contributed by atoms with E-state index in [-0.39, 0.29) is 23.7 Å². The van der Waals surface area contributed by atoms with Crippen LogP contribution in [0.1, 0.15) is 30.1 Å². The van der Waals surface area contributed by atoms with E-state index in [4.69, 9.17) is 11.6 Å². The van der Waals surface area contributed by atoms with Crippen molar-refractivity contribution in [3.8, 4) is 0 Å². The molecule has 0 bridgehead atoms. The Morgan fingerprint density at radius 2 is 2.10 bits per heavy atom. The predicted molar refractivity (Wildman–Crippen MR) is 88.9 cm³/mol. The molecule has 2 rings (SSSR count). The van der Waals surface area contributed by atoms with Crippen LogP contribution >= 0.6 is 39.9 Å². The van der Waals surface area contributed by atoms with Gasteiger partial charge in [-0.3, -0.25) is 4.79 Å². The lowest BCUT2D eigenvalue weighted by molar-refractivity contribution is 0.0922. The Morgan fingerprint density at radius 1 is 1.45 bits per heavy atom. The third-order valence-corrected chi connectivity index (χ3v) is 4.90. The molecule has 1 amide bonds. The highest BCUT2D eigenvalue weighted by Crippen LogP contribution is 2.27. The zero-order valence-corrected chi connectivity index (χ0v) is 14.5. The predicted octanol–water partition coefficient (Wildman–Crippen LogP) is 3.64. The van der Waals surface area contributed by atoms with Gasteiger partial charge in [-0.25, -0.2) is 0 Å². The molecule has 112 valence electrons. The van der Waals surface area contributed by atoms with E-state index in [1.165, 1.54) is 0 Å². The molecule has 6 heteroatoms. The zero-order chi connectivity index (χ0) is 13.9. The van der Waals surface area contributed by atoms with E-state index in [1.54, 1.807) is 18.2 Å². The average Bonchev–Trinajstić information content (AvgIpc) is 2.40. The molecule has 0 atom stereocenters. The van der Waals surface area contributed by atoms with Crippen molar-refractivity contribution in [2.45, 2.75) is 19.8 Å². The number of carbonyl (C=O) groups excluding carboxylic acids is 1. The first kappa shape index (κ1) is 17.8. The third-order valence-electron chi connectivity index (χ3n) is 3.67. The maximum absolute atomic E-state index is 12.1. The number of piperidine rings is 1. The van der Waals surface area contributed by atoms with Gasteiger partial charge in [-0.1, -0.05) is 18.5 Å². The number of halogens is 3. The Labute approximate surface area is 139 Å². The van der Waals surface area contributed by atoms with E-state index >= 15 is 0 Å². The molecular weight excluding hydrogens is 363 g/mol. The Bertz CT molecular complexity index is 476. The minimum Gasteiger partial charge on any atom is -0.351 e. The summed E-state index contributed by atoms with van der Waals surface area (Å²) in [5, 5.41) is 6.91. The number of benzene rings is 1. The fraction of sp³-hybridized carbons (Fsp3) is 0.500. The van der Waals surface area contributed by atoms with Crippen LogP contribution in [-0.4, -0.2) is 25.5 Å². The van der Waals surface area contributed by atoms with E-state index in [0.717, 1.165) is 30.4 Å². The molecule has 0 saturated carbocycles. The van der Waals surface area contributed by atoms with Gasteiger partial charge in [-0.15, -0.1) is 12.4 Å². The second-order valence-corrected chi connectivity index (χ2v) is 6.63. The molecule has 1 heterocycles. The summed E-state index contributed by atoms with van der Waals surface area (Å²) in [6, 6.07) is 5.26. The molecule has 1 aromatic rings. The minimum atomic E-state index is -0.0610. The van der Waals surface area contributed by atoms with Crippen molar-refractivity contribution in [1.82, 2.24) is 10.6 Å². The van der Waals surface area contributed by atoms with Crippen LogP contribution in [0, 0.1) is 5.41 Å². The van der Waals surface area contributed by atoms with Crippen LogP contribution in [0.15, 0.2) is 22.7 Å². The van der Waals surface area contributed by atoms with Gasteiger partial charge in [0.15, 0.2) is 0 Å². The largest absolute Gasteiger partial charge is 0.351 e. The van der Waals surface area contributed by atoms with Crippen LogP contribution in [0.5, 0.6) is 0 Å². The van der Waals surface area contributed by atoms with Gasteiger partial charge in [-0.2, -0.15) is 0 Å². The topological polar surface area (TPSA) is 41.1 Å². The van der Waals surface area contributed by atoms with Crippen LogP contribution in [0.2, 0.25) is 5.02 Å². The highest BCUT2D eigenvalue weighted by atomic mass is 79.9. The van der Waals surface area contributed by atoms with Crippen molar-refractivity contribution >= 4 is 45.8 Å². The van der Waals surface area contributed by atoms with Gasteiger partial charge >= 0.3 is 0 Å². The SMILES string of the molecule is CC1(CNC(=O)c2ccc(Br)c(Cl)c2)CCNCC1.Cl. The first-order chi connectivity index (χ1) is 9.00. The molecule has 20 heavy (non-hydrogen) atoms. The van der Waals surface area contributed by atoms with Gasteiger partial charge in [0.25, 0.3) is 5.91 Å². The van der Waals surface area contributed by atoms with Gasteiger partial charge < -0.3 is 10.6 Å². The highest BCUT2D eigenvalue weighted by molar-refractivity contribution is 9.10. The molecule has 1 saturated heterocycles. The molecule has 1 aliphatic heterocycles. The lowest BCUT2D eigenvalue weighted by Crippen LogP contribution is -2.42. The van der Waals surface area contributed by atoms with Crippen LogP contribution in [0.3, 0.4) is 0 Å². The Kier molecular flexibility index (Phi) is 6.79. The number of rotatable bonds is 3. The summed E-state index contributed by atoms with van der Waals surface area (Å²) in [6.07, 6.45) is 2.18. The van der Waals surface area contributed by atoms with Gasteiger partial charge in [0.2, 0.25) is 0 Å². The Morgan fingerprint density at radius 3 is 2.70 bits per heavy atom. The van der Waals surface area contributed by atoms with Gasteiger partial charge in [0.1, 0.15) is 0 Å². The van der Waals surface area contributed by atoms with Crippen molar-refractivity contribution in [3.63, 3.8) is 0 Å². The maximum atomic E-state index is 12.1. The quantitative estimate of drug-likeness (QED) is 0.838. The summed E-state index contributed by atoms with van der Waals surface area (Å²) in [5.41, 5.74) is 0.797. The second kappa shape index (κ2) is 7.64. The Balaban J connectivity index is 0.00000200. The summed E-state index contributed by atoms with van der Waals surface area (Å²) in [5.74, 6) is -0.0610. The summed E-state index contributed by atoms with van der Waals surface area (Å²) in [7, 11) is 0. The summed E-state index contributed by atoms with van der Waals surface area (Å²) in [6.45, 7) is 4.98. The van der Waals surface area contributed by atoms with Crippen molar-refractivity contribution in [2.24, 2.45) is 5.41 Å². The lowest BCUT2D eigenvalue weighted by atomic mass is 9.81. The fourth-order valence-corrected chi connectivity index (χ4v) is 2.67. The number of hydrogen-bond acceptors (Lipinski definition) is 2. The third kappa shape index (κ3) is 4.62. The van der Waals surface area contributed by atoms with Gasteiger partial charge in [-0.05, 0) is 65.5 Å². The molecule has 3 nitrogen and oxygen atoms in total. The van der Waals surface area contributed by atoms with E-state index in [1.807, 2.05) is 0 Å². The van der Waals surface area contributed by atoms with Crippen LogP contribution in [0.25, 0.3) is 0 Å². The minimum absolute atomic E-state index is 0. The lowest BCUT2D eigenvalue weighted by Gasteiger charge is -2.34. The molecule has 0 aliphatic carbocycles. The maximum Gasteiger partial charge on any atom is 0.251 e. The average molecular weight is 382 g/mol. The van der Waals surface area contributed by atoms with E-state index in [2.05, 4.69) is 33.5 Å². The first-order valence-corrected chi connectivity index (χ1v) is 7.61. The monoisotopic (exact) mass is 380 g/mol. The fourth-order valence-electron chi connectivity index (χ4n) is 2.24. The number of carbonyl (C=O) groups is 1. The molecule has 0 radical (unpaired) electrons. The zero-order valence-electron chi connectivity index (χ0n) is 11.3. The van der Waals surface area contributed by atoms with Crippen LogP contribution in [0.4, 0.5) is 0 Å². The molecule has 1 aromatic carbocycles. The van der Waals surface area contributed by atoms with Gasteiger partial charge in [0.05, 0.1) is 5.02 Å². The number of hydrogen-bond donors (Lipinski definition) is 2. The number of amides is 1. The van der Waals surface area contributed by atoms with Crippen LogP contribution in [-0.2, 0) is 0 Å². The molecule has 2 N–H and O–H groups in total. The van der Waals surface area contributed by atoms with Crippen molar-refractivity contribution in [2.75, 3.05) is 19.6 Å². The summed E-state index contributed by atoms with van der Waals surface area (Å²) >= 11 is 9.32. The molecule has 0 unspecified atom stereocenters.